The van der Waals surface area contributed by atoms with E-state index < -0.39 is 10.0 Å². The minimum atomic E-state index is -3.63. The molecule has 2 aromatic rings. The molecule has 0 radical (unpaired) electrons. The summed E-state index contributed by atoms with van der Waals surface area (Å²) >= 11 is 0. The zero-order valence-electron chi connectivity index (χ0n) is 12.5. The number of hydrogen-bond donors (Lipinski definition) is 2. The van der Waals surface area contributed by atoms with E-state index in [9.17, 15) is 8.42 Å². The zero-order chi connectivity index (χ0) is 15.5. The second-order valence-electron chi connectivity index (χ2n) is 4.74. The van der Waals surface area contributed by atoms with Crippen LogP contribution in [0.4, 0.5) is 5.82 Å². The average Bonchev–Trinajstić information content (AvgIpc) is 2.86. The molecule has 0 aromatic carbocycles. The van der Waals surface area contributed by atoms with Crippen LogP contribution in [0.25, 0.3) is 5.65 Å². The number of likely N-dealkylation sites (N-methyl/N-ethyl adjacent to an activating group) is 1. The van der Waals surface area contributed by atoms with Crippen molar-refractivity contribution in [1.29, 1.82) is 0 Å². The van der Waals surface area contributed by atoms with E-state index in [-0.39, 0.29) is 5.03 Å². The molecule has 8 heteroatoms. The van der Waals surface area contributed by atoms with Gasteiger partial charge in [-0.25, -0.2) is 18.1 Å². The fraction of sp³-hybridized carbons (Fsp3) is 0.462. The van der Waals surface area contributed by atoms with E-state index in [2.05, 4.69) is 15.0 Å². The maximum atomic E-state index is 12.5. The van der Waals surface area contributed by atoms with Crippen LogP contribution in [-0.4, -0.2) is 56.4 Å². The van der Waals surface area contributed by atoms with Gasteiger partial charge in [0.2, 0.25) is 0 Å². The van der Waals surface area contributed by atoms with Crippen LogP contribution < -0.4 is 10.0 Å². The SMILES string of the molecule is CCN(C)CCNS(=O)(=O)c1c(NC)nc2ccccn12. The van der Waals surface area contributed by atoms with Gasteiger partial charge in [-0.1, -0.05) is 13.0 Å². The Morgan fingerprint density at radius 1 is 1.38 bits per heavy atom. The van der Waals surface area contributed by atoms with Crippen LogP contribution in [0.1, 0.15) is 6.92 Å². The van der Waals surface area contributed by atoms with E-state index in [1.165, 1.54) is 0 Å². The monoisotopic (exact) mass is 311 g/mol. The van der Waals surface area contributed by atoms with Crippen molar-refractivity contribution in [2.45, 2.75) is 11.9 Å². The third kappa shape index (κ3) is 3.34. The number of nitrogens with one attached hydrogen (secondary N) is 2. The van der Waals surface area contributed by atoms with Gasteiger partial charge in [-0.15, -0.1) is 0 Å². The first-order valence-electron chi connectivity index (χ1n) is 6.82. The van der Waals surface area contributed by atoms with Gasteiger partial charge in [-0.3, -0.25) is 4.40 Å². The van der Waals surface area contributed by atoms with E-state index in [0.29, 0.717) is 24.6 Å². The highest BCUT2D eigenvalue weighted by atomic mass is 32.2. The van der Waals surface area contributed by atoms with Crippen molar-refractivity contribution >= 4 is 21.5 Å². The van der Waals surface area contributed by atoms with Crippen molar-refractivity contribution in [1.82, 2.24) is 19.0 Å². The quantitative estimate of drug-likeness (QED) is 0.783. The van der Waals surface area contributed by atoms with Gasteiger partial charge >= 0.3 is 0 Å². The summed E-state index contributed by atoms with van der Waals surface area (Å²) in [4.78, 5) is 6.32. The van der Waals surface area contributed by atoms with E-state index in [4.69, 9.17) is 0 Å². The molecule has 0 amide bonds. The predicted molar refractivity (Wildman–Crippen MR) is 83.1 cm³/mol. The van der Waals surface area contributed by atoms with E-state index in [1.807, 2.05) is 24.9 Å². The molecule has 2 N–H and O–H groups in total. The first-order valence-corrected chi connectivity index (χ1v) is 8.31. The molecular formula is C13H21N5O2S. The fourth-order valence-corrected chi connectivity index (χ4v) is 3.30. The molecule has 0 fully saturated rings. The van der Waals surface area contributed by atoms with E-state index >= 15 is 0 Å². The Bertz CT molecular complexity index is 710. The van der Waals surface area contributed by atoms with E-state index in [0.717, 1.165) is 6.54 Å². The van der Waals surface area contributed by atoms with Crippen LogP contribution >= 0.6 is 0 Å². The highest BCUT2D eigenvalue weighted by Gasteiger charge is 2.24. The molecule has 0 unspecified atom stereocenters. The second-order valence-corrected chi connectivity index (χ2v) is 6.42. The first kappa shape index (κ1) is 15.7. The Balaban J connectivity index is 2.31. The summed E-state index contributed by atoms with van der Waals surface area (Å²) < 4.78 is 29.2. The van der Waals surface area contributed by atoms with Crippen LogP contribution in [0.2, 0.25) is 0 Å². The third-order valence-corrected chi connectivity index (χ3v) is 4.79. The molecule has 0 atom stereocenters. The number of aromatic nitrogens is 2. The lowest BCUT2D eigenvalue weighted by atomic mass is 10.5. The number of anilines is 1. The summed E-state index contributed by atoms with van der Waals surface area (Å²) in [5.41, 5.74) is 0.591. The van der Waals surface area contributed by atoms with Crippen LogP contribution in [-0.2, 0) is 10.0 Å². The molecular weight excluding hydrogens is 290 g/mol. The number of pyridine rings is 1. The van der Waals surface area contributed by atoms with Gasteiger partial charge in [0, 0.05) is 26.3 Å². The number of fused-ring (bicyclic) bond motifs is 1. The van der Waals surface area contributed by atoms with Crippen molar-refractivity contribution in [3.63, 3.8) is 0 Å². The Morgan fingerprint density at radius 2 is 2.14 bits per heavy atom. The number of sulfonamides is 1. The maximum absolute atomic E-state index is 12.5. The average molecular weight is 311 g/mol. The van der Waals surface area contributed by atoms with Crippen molar-refractivity contribution in [2.24, 2.45) is 0 Å². The van der Waals surface area contributed by atoms with Gasteiger partial charge in [-0.05, 0) is 25.7 Å². The molecule has 2 rings (SSSR count). The number of nitrogens with zero attached hydrogens (tertiary/aromatic N) is 3. The molecule has 0 aliphatic rings. The zero-order valence-corrected chi connectivity index (χ0v) is 13.3. The summed E-state index contributed by atoms with van der Waals surface area (Å²) in [6, 6.07) is 5.37. The van der Waals surface area contributed by atoms with Crippen LogP contribution in [0.15, 0.2) is 29.4 Å². The lowest BCUT2D eigenvalue weighted by Crippen LogP contribution is -2.33. The smallest absolute Gasteiger partial charge is 0.260 e. The van der Waals surface area contributed by atoms with Gasteiger partial charge in [0.1, 0.15) is 5.65 Å². The second kappa shape index (κ2) is 6.42. The van der Waals surface area contributed by atoms with Crippen LogP contribution in [0, 0.1) is 0 Å². The minimum absolute atomic E-state index is 0.139. The molecule has 21 heavy (non-hydrogen) atoms. The highest BCUT2D eigenvalue weighted by Crippen LogP contribution is 2.21. The molecule has 7 nitrogen and oxygen atoms in total. The van der Waals surface area contributed by atoms with Gasteiger partial charge in [0.05, 0.1) is 0 Å². The number of rotatable bonds is 7. The molecule has 2 heterocycles. The van der Waals surface area contributed by atoms with Gasteiger partial charge in [-0.2, -0.15) is 0 Å². The lowest BCUT2D eigenvalue weighted by molar-refractivity contribution is 0.358. The van der Waals surface area contributed by atoms with Crippen molar-refractivity contribution in [3.8, 4) is 0 Å². The summed E-state index contributed by atoms with van der Waals surface area (Å²) in [6.07, 6.45) is 1.69. The standard InChI is InChI=1S/C13H21N5O2S/c1-4-17(3)10-8-15-21(19,20)13-12(14-2)16-11-7-5-6-9-18(11)13/h5-7,9,14-15H,4,8,10H2,1-3H3. The fourth-order valence-electron chi connectivity index (χ4n) is 1.99. The molecule has 0 saturated carbocycles. The van der Waals surface area contributed by atoms with E-state index in [1.54, 1.807) is 29.8 Å². The Kier molecular flexibility index (Phi) is 4.81. The topological polar surface area (TPSA) is 78.7 Å². The molecule has 0 aliphatic heterocycles. The van der Waals surface area contributed by atoms with Crippen LogP contribution in [0.3, 0.4) is 0 Å². The Labute approximate surface area is 125 Å². The maximum Gasteiger partial charge on any atom is 0.260 e. The predicted octanol–water partition coefficient (Wildman–Crippen LogP) is 0.606. The van der Waals surface area contributed by atoms with Crippen molar-refractivity contribution in [2.75, 3.05) is 39.0 Å². The molecule has 0 aliphatic carbocycles. The molecule has 116 valence electrons. The largest absolute Gasteiger partial charge is 0.371 e. The summed E-state index contributed by atoms with van der Waals surface area (Å²) in [5.74, 6) is 0.345. The van der Waals surface area contributed by atoms with Gasteiger partial charge in [0.25, 0.3) is 10.0 Å². The number of imidazole rings is 1. The van der Waals surface area contributed by atoms with Crippen molar-refractivity contribution < 1.29 is 8.42 Å². The van der Waals surface area contributed by atoms with Gasteiger partial charge in [0.15, 0.2) is 10.8 Å². The normalized spacial score (nSPS) is 12.2. The third-order valence-electron chi connectivity index (χ3n) is 3.30. The Morgan fingerprint density at radius 3 is 2.81 bits per heavy atom. The van der Waals surface area contributed by atoms with Gasteiger partial charge < -0.3 is 10.2 Å². The molecule has 0 bridgehead atoms. The molecule has 0 saturated heterocycles. The lowest BCUT2D eigenvalue weighted by Gasteiger charge is -2.14. The molecule has 2 aromatic heterocycles. The number of hydrogen-bond acceptors (Lipinski definition) is 5. The molecule has 0 spiro atoms. The summed E-state index contributed by atoms with van der Waals surface area (Å²) in [6.45, 7) is 3.91. The summed E-state index contributed by atoms with van der Waals surface area (Å²) in [7, 11) is -0.0245. The van der Waals surface area contributed by atoms with Crippen molar-refractivity contribution in [3.05, 3.63) is 24.4 Å². The summed E-state index contributed by atoms with van der Waals surface area (Å²) in [5, 5.41) is 2.98. The highest BCUT2D eigenvalue weighted by molar-refractivity contribution is 7.89. The first-order chi connectivity index (χ1) is 9.99. The minimum Gasteiger partial charge on any atom is -0.371 e. The Hall–Kier alpha value is -1.64. The van der Waals surface area contributed by atoms with Crippen LogP contribution in [0.5, 0.6) is 0 Å².